The average Bonchev–Trinajstić information content (AvgIpc) is 2.46. The zero-order valence-corrected chi connectivity index (χ0v) is 13.2. The fraction of sp³-hybridized carbons (Fsp3) is 0.533. The van der Waals surface area contributed by atoms with E-state index in [0.29, 0.717) is 13.2 Å². The van der Waals surface area contributed by atoms with E-state index in [-0.39, 0.29) is 17.9 Å². The molecule has 5 nitrogen and oxygen atoms in total. The summed E-state index contributed by atoms with van der Waals surface area (Å²) in [6, 6.07) is 3.16. The first-order valence-electron chi connectivity index (χ1n) is 7.10. The first-order chi connectivity index (χ1) is 10.8. The zero-order valence-electron chi connectivity index (χ0n) is 13.2. The third kappa shape index (κ3) is 6.07. The minimum absolute atomic E-state index is 0.208. The molecular formula is C15H20F3NO4. The number of methoxy groups -OCH3 is 1. The number of amides is 1. The van der Waals surface area contributed by atoms with Crippen LogP contribution in [-0.4, -0.2) is 32.5 Å². The van der Waals surface area contributed by atoms with Gasteiger partial charge in [0.1, 0.15) is 5.75 Å². The van der Waals surface area contributed by atoms with Gasteiger partial charge in [0, 0.05) is 19.3 Å². The lowest BCUT2D eigenvalue weighted by Crippen LogP contribution is -2.26. The van der Waals surface area contributed by atoms with Crippen LogP contribution in [0.4, 0.5) is 18.9 Å². The molecule has 1 aromatic rings. The number of alkyl halides is 3. The highest BCUT2D eigenvalue weighted by Gasteiger charge is 2.34. The molecular weight excluding hydrogens is 315 g/mol. The molecule has 0 radical (unpaired) electrons. The van der Waals surface area contributed by atoms with Gasteiger partial charge >= 0.3 is 6.18 Å². The van der Waals surface area contributed by atoms with Crippen LogP contribution >= 0.6 is 0 Å². The molecule has 0 saturated heterocycles. The lowest BCUT2D eigenvalue weighted by atomic mass is 10.1. The Morgan fingerprint density at radius 1 is 1.22 bits per heavy atom. The average molecular weight is 335 g/mol. The van der Waals surface area contributed by atoms with Crippen molar-refractivity contribution in [2.75, 3.05) is 25.6 Å². The minimum Gasteiger partial charge on any atom is -0.497 e. The summed E-state index contributed by atoms with van der Waals surface area (Å²) in [5.74, 6) is -0.435. The molecule has 23 heavy (non-hydrogen) atoms. The minimum atomic E-state index is -4.59. The van der Waals surface area contributed by atoms with Crippen molar-refractivity contribution < 1.29 is 32.2 Å². The van der Waals surface area contributed by atoms with Crippen molar-refractivity contribution >= 4 is 11.6 Å². The van der Waals surface area contributed by atoms with Gasteiger partial charge in [-0.2, -0.15) is 13.2 Å². The number of halogens is 3. The topological polar surface area (TPSA) is 56.8 Å². The van der Waals surface area contributed by atoms with Crippen LogP contribution in [0.3, 0.4) is 0 Å². The number of hydrogen-bond donors (Lipinski definition) is 1. The van der Waals surface area contributed by atoms with E-state index < -0.39 is 23.9 Å². The summed E-state index contributed by atoms with van der Waals surface area (Å²) in [4.78, 5) is 12.0. The van der Waals surface area contributed by atoms with Gasteiger partial charge in [-0.15, -0.1) is 0 Å². The molecule has 0 unspecified atom stereocenters. The highest BCUT2D eigenvalue weighted by molar-refractivity contribution is 5.92. The molecule has 130 valence electrons. The van der Waals surface area contributed by atoms with E-state index in [9.17, 15) is 18.0 Å². The lowest BCUT2D eigenvalue weighted by molar-refractivity contribution is -0.150. The number of rotatable bonds is 8. The van der Waals surface area contributed by atoms with Crippen LogP contribution in [0.5, 0.6) is 5.75 Å². The van der Waals surface area contributed by atoms with Gasteiger partial charge in [0.15, 0.2) is 6.29 Å². The van der Waals surface area contributed by atoms with Crippen LogP contribution in [0.25, 0.3) is 0 Å². The Kier molecular flexibility index (Phi) is 7.31. The summed E-state index contributed by atoms with van der Waals surface area (Å²) in [7, 11) is 1.33. The van der Waals surface area contributed by atoms with Gasteiger partial charge in [0.2, 0.25) is 5.91 Å². The fourth-order valence-corrected chi connectivity index (χ4v) is 1.89. The molecule has 0 saturated carbocycles. The molecule has 0 aliphatic heterocycles. The summed E-state index contributed by atoms with van der Waals surface area (Å²) in [5.41, 5.74) is -1.32. The van der Waals surface area contributed by atoms with Crippen LogP contribution in [0.15, 0.2) is 18.2 Å². The first kappa shape index (κ1) is 19.2. The number of benzene rings is 1. The standard InChI is InChI=1S/C15H20F3NO4/c1-4-22-14(23-5-2)9-13(20)19-12-8-10(21-3)6-7-11(12)15(16,17)18/h6-8,14H,4-5,9H2,1-3H3,(H,19,20). The number of carbonyl (C=O) groups excluding carboxylic acids is 1. The third-order valence-corrected chi connectivity index (χ3v) is 2.86. The second kappa shape index (κ2) is 8.73. The van der Waals surface area contributed by atoms with Crippen LogP contribution in [-0.2, 0) is 20.4 Å². The quantitative estimate of drug-likeness (QED) is 0.740. The molecule has 8 heteroatoms. The summed E-state index contributed by atoms with van der Waals surface area (Å²) in [6.45, 7) is 4.11. The van der Waals surface area contributed by atoms with Crippen molar-refractivity contribution in [3.63, 3.8) is 0 Å². The maximum Gasteiger partial charge on any atom is 0.418 e. The van der Waals surface area contributed by atoms with Crippen molar-refractivity contribution in [2.45, 2.75) is 32.7 Å². The van der Waals surface area contributed by atoms with Crippen molar-refractivity contribution in [3.8, 4) is 5.75 Å². The maximum atomic E-state index is 13.0. The third-order valence-electron chi connectivity index (χ3n) is 2.86. The summed E-state index contributed by atoms with van der Waals surface area (Å²) < 4.78 is 54.3. The molecule has 0 aliphatic rings. The molecule has 0 aromatic heterocycles. The highest BCUT2D eigenvalue weighted by atomic mass is 19.4. The molecule has 1 aromatic carbocycles. The van der Waals surface area contributed by atoms with E-state index in [4.69, 9.17) is 14.2 Å². The lowest BCUT2D eigenvalue weighted by Gasteiger charge is -2.18. The molecule has 1 rings (SSSR count). The fourth-order valence-electron chi connectivity index (χ4n) is 1.89. The van der Waals surface area contributed by atoms with E-state index >= 15 is 0 Å². The molecule has 1 amide bonds. The predicted molar refractivity (Wildman–Crippen MR) is 78.3 cm³/mol. The number of hydrogen-bond acceptors (Lipinski definition) is 4. The maximum absolute atomic E-state index is 13.0. The Bertz CT molecular complexity index is 514. The highest BCUT2D eigenvalue weighted by Crippen LogP contribution is 2.36. The molecule has 0 fully saturated rings. The smallest absolute Gasteiger partial charge is 0.418 e. The monoisotopic (exact) mass is 335 g/mol. The Labute approximate surface area is 132 Å². The van der Waals surface area contributed by atoms with Crippen LogP contribution in [0.1, 0.15) is 25.8 Å². The van der Waals surface area contributed by atoms with Gasteiger partial charge in [0.05, 0.1) is 24.8 Å². The van der Waals surface area contributed by atoms with Crippen molar-refractivity contribution in [3.05, 3.63) is 23.8 Å². The molecule has 0 spiro atoms. The van der Waals surface area contributed by atoms with Gasteiger partial charge < -0.3 is 19.5 Å². The number of ether oxygens (including phenoxy) is 3. The Morgan fingerprint density at radius 2 is 1.83 bits per heavy atom. The van der Waals surface area contributed by atoms with E-state index in [0.717, 1.165) is 12.1 Å². The van der Waals surface area contributed by atoms with Crippen molar-refractivity contribution in [2.24, 2.45) is 0 Å². The normalized spacial score (nSPS) is 11.6. The number of carbonyl (C=O) groups is 1. The second-order valence-electron chi connectivity index (χ2n) is 4.50. The van der Waals surface area contributed by atoms with Gasteiger partial charge in [-0.3, -0.25) is 4.79 Å². The summed E-state index contributed by atoms with van der Waals surface area (Å²) in [6.07, 6.45) is -5.60. The van der Waals surface area contributed by atoms with Gasteiger partial charge in [-0.1, -0.05) is 0 Å². The molecule has 0 atom stereocenters. The Morgan fingerprint density at radius 3 is 2.30 bits per heavy atom. The van der Waals surface area contributed by atoms with E-state index in [1.165, 1.54) is 13.2 Å². The number of nitrogens with one attached hydrogen (secondary N) is 1. The molecule has 1 N–H and O–H groups in total. The van der Waals surface area contributed by atoms with E-state index in [2.05, 4.69) is 5.32 Å². The van der Waals surface area contributed by atoms with Crippen LogP contribution in [0, 0.1) is 0 Å². The van der Waals surface area contributed by atoms with Crippen LogP contribution in [0.2, 0.25) is 0 Å². The number of anilines is 1. The molecule has 0 heterocycles. The predicted octanol–water partition coefficient (Wildman–Crippen LogP) is 3.44. The Balaban J connectivity index is 2.91. The molecule has 0 aliphatic carbocycles. The van der Waals surface area contributed by atoms with Gasteiger partial charge in [-0.05, 0) is 26.0 Å². The largest absolute Gasteiger partial charge is 0.497 e. The van der Waals surface area contributed by atoms with Crippen molar-refractivity contribution in [1.29, 1.82) is 0 Å². The van der Waals surface area contributed by atoms with E-state index in [1.54, 1.807) is 13.8 Å². The first-order valence-corrected chi connectivity index (χ1v) is 7.10. The summed E-state index contributed by atoms with van der Waals surface area (Å²) in [5, 5.41) is 2.24. The zero-order chi connectivity index (χ0) is 17.5. The van der Waals surface area contributed by atoms with Gasteiger partial charge in [-0.25, -0.2) is 0 Å². The second-order valence-corrected chi connectivity index (χ2v) is 4.50. The van der Waals surface area contributed by atoms with Crippen LogP contribution < -0.4 is 10.1 Å². The molecule has 0 bridgehead atoms. The van der Waals surface area contributed by atoms with E-state index in [1.807, 2.05) is 0 Å². The van der Waals surface area contributed by atoms with Crippen molar-refractivity contribution in [1.82, 2.24) is 0 Å². The summed E-state index contributed by atoms with van der Waals surface area (Å²) >= 11 is 0. The van der Waals surface area contributed by atoms with Gasteiger partial charge in [0.25, 0.3) is 0 Å². The Hall–Kier alpha value is -1.80. The SMILES string of the molecule is CCOC(CC(=O)Nc1cc(OC)ccc1C(F)(F)F)OCC.